The largest absolute Gasteiger partial charge is 0.264 e. The van der Waals surface area contributed by atoms with E-state index in [1.165, 1.54) is 11.1 Å². The van der Waals surface area contributed by atoms with E-state index in [-0.39, 0.29) is 0 Å². The maximum Gasteiger partial charge on any atom is 0.0620 e. The van der Waals surface area contributed by atoms with Crippen LogP contribution in [-0.2, 0) is 6.42 Å². The van der Waals surface area contributed by atoms with E-state index in [9.17, 15) is 0 Å². The van der Waals surface area contributed by atoms with Gasteiger partial charge in [0.15, 0.2) is 0 Å². The van der Waals surface area contributed by atoms with Gasteiger partial charge in [0.05, 0.1) is 5.69 Å². The topological polar surface area (TPSA) is 3.24 Å². The third-order valence-electron chi connectivity index (χ3n) is 2.01. The van der Waals surface area contributed by atoms with E-state index in [2.05, 4.69) is 45.5 Å². The molecule has 1 rings (SSSR count). The average Bonchev–Trinajstić information content (AvgIpc) is 2.04. The van der Waals surface area contributed by atoms with Crippen LogP contribution in [0.1, 0.15) is 18.1 Å². The molecule has 1 aromatic rings. The normalized spacial score (nSPS) is 10.0. The zero-order chi connectivity index (χ0) is 9.14. The molecule has 0 saturated heterocycles. The highest BCUT2D eigenvalue weighted by molar-refractivity contribution is 8.00. The van der Waals surface area contributed by atoms with Gasteiger partial charge in [0.1, 0.15) is 0 Å². The molecule has 0 aliphatic carbocycles. The molecule has 0 aromatic heterocycles. The molecule has 12 heavy (non-hydrogen) atoms. The summed E-state index contributed by atoms with van der Waals surface area (Å²) in [7, 11) is 0. The first-order valence-electron chi connectivity index (χ1n) is 3.93. The Morgan fingerprint density at radius 2 is 2.00 bits per heavy atom. The molecular formula is C9H13NS2. The molecule has 3 heteroatoms. The van der Waals surface area contributed by atoms with Gasteiger partial charge in [-0.3, -0.25) is 3.71 Å². The molecule has 0 heterocycles. The number of rotatable bonds is 2. The summed E-state index contributed by atoms with van der Waals surface area (Å²) < 4.78 is 1.55. The van der Waals surface area contributed by atoms with Crippen LogP contribution in [0.4, 0.5) is 5.69 Å². The molecule has 0 N–H and O–H groups in total. The number of nitrogens with zero attached hydrogens (tertiary/aromatic N) is 1. The third kappa shape index (κ3) is 1.90. The molecule has 0 amide bonds. The van der Waals surface area contributed by atoms with E-state index in [0.717, 1.165) is 12.1 Å². The third-order valence-corrected chi connectivity index (χ3v) is 2.44. The fourth-order valence-electron chi connectivity index (χ4n) is 1.27. The maximum absolute atomic E-state index is 4.14. The molecule has 0 bridgehead atoms. The summed E-state index contributed by atoms with van der Waals surface area (Å²) in [5.41, 5.74) is 3.66. The average molecular weight is 199 g/mol. The van der Waals surface area contributed by atoms with Crippen LogP contribution in [0.5, 0.6) is 0 Å². The van der Waals surface area contributed by atoms with Crippen LogP contribution in [-0.4, -0.2) is 0 Å². The van der Waals surface area contributed by atoms with Gasteiger partial charge in [0.2, 0.25) is 0 Å². The first-order valence-corrected chi connectivity index (χ1v) is 4.73. The van der Waals surface area contributed by atoms with Crippen molar-refractivity contribution in [2.75, 3.05) is 3.71 Å². The van der Waals surface area contributed by atoms with E-state index in [1.54, 1.807) is 3.71 Å². The SMILES string of the molecule is CCc1cccc(N(S)S)c1C. The predicted octanol–water partition coefficient (Wildman–Crippen LogP) is 3.05. The predicted molar refractivity (Wildman–Crippen MR) is 61.0 cm³/mol. The number of hydrogen-bond acceptors (Lipinski definition) is 3. The van der Waals surface area contributed by atoms with Crippen LogP contribution in [0.3, 0.4) is 0 Å². The molecular weight excluding hydrogens is 186 g/mol. The molecule has 0 atom stereocenters. The first kappa shape index (κ1) is 9.81. The lowest BCUT2D eigenvalue weighted by Gasteiger charge is -2.14. The van der Waals surface area contributed by atoms with Crippen molar-refractivity contribution in [1.29, 1.82) is 0 Å². The smallest absolute Gasteiger partial charge is 0.0620 e. The van der Waals surface area contributed by atoms with Crippen LogP contribution in [0.15, 0.2) is 18.2 Å². The lowest BCUT2D eigenvalue weighted by Crippen LogP contribution is -1.98. The highest BCUT2D eigenvalue weighted by Crippen LogP contribution is 2.25. The van der Waals surface area contributed by atoms with Gasteiger partial charge >= 0.3 is 0 Å². The second-order valence-corrected chi connectivity index (χ2v) is 3.82. The molecule has 0 fully saturated rings. The minimum Gasteiger partial charge on any atom is -0.264 e. The van der Waals surface area contributed by atoms with Gasteiger partial charge in [-0.25, -0.2) is 0 Å². The first-order chi connectivity index (χ1) is 5.66. The maximum atomic E-state index is 4.14. The molecule has 66 valence electrons. The highest BCUT2D eigenvalue weighted by Gasteiger charge is 2.04. The van der Waals surface area contributed by atoms with Gasteiger partial charge in [-0.2, -0.15) is 0 Å². The van der Waals surface area contributed by atoms with Crippen LogP contribution < -0.4 is 3.71 Å². The minimum absolute atomic E-state index is 1.05. The van der Waals surface area contributed by atoms with Crippen molar-refractivity contribution in [3.8, 4) is 0 Å². The van der Waals surface area contributed by atoms with Crippen molar-refractivity contribution < 1.29 is 0 Å². The second-order valence-electron chi connectivity index (χ2n) is 2.70. The van der Waals surface area contributed by atoms with Crippen LogP contribution >= 0.6 is 25.6 Å². The molecule has 0 unspecified atom stereocenters. The van der Waals surface area contributed by atoms with Crippen LogP contribution in [0, 0.1) is 6.92 Å². The zero-order valence-electron chi connectivity index (χ0n) is 7.28. The summed E-state index contributed by atoms with van der Waals surface area (Å²) in [5, 5.41) is 0. The highest BCUT2D eigenvalue weighted by atomic mass is 32.2. The van der Waals surface area contributed by atoms with Crippen molar-refractivity contribution in [1.82, 2.24) is 0 Å². The minimum atomic E-state index is 1.05. The van der Waals surface area contributed by atoms with Crippen LogP contribution in [0.25, 0.3) is 0 Å². The second kappa shape index (κ2) is 4.10. The lowest BCUT2D eigenvalue weighted by atomic mass is 10.1. The Kier molecular flexibility index (Phi) is 3.35. The van der Waals surface area contributed by atoms with Crippen molar-refractivity contribution in [3.63, 3.8) is 0 Å². The number of thiol groups is 2. The van der Waals surface area contributed by atoms with Crippen molar-refractivity contribution in [2.45, 2.75) is 20.3 Å². The Balaban J connectivity index is 3.14. The van der Waals surface area contributed by atoms with Crippen molar-refractivity contribution >= 4 is 31.3 Å². The molecule has 0 spiro atoms. The summed E-state index contributed by atoms with van der Waals surface area (Å²) in [4.78, 5) is 0. The number of benzene rings is 1. The fraction of sp³-hybridized carbons (Fsp3) is 0.333. The van der Waals surface area contributed by atoms with Gasteiger partial charge in [-0.05, 0) is 30.5 Å². The molecule has 0 radical (unpaired) electrons. The lowest BCUT2D eigenvalue weighted by molar-refractivity contribution is 1.11. The summed E-state index contributed by atoms with van der Waals surface area (Å²) in [5.74, 6) is 0. The number of anilines is 1. The monoisotopic (exact) mass is 199 g/mol. The Hall–Kier alpha value is -0.280. The molecule has 0 saturated carbocycles. The summed E-state index contributed by atoms with van der Waals surface area (Å²) in [6, 6.07) is 6.17. The molecule has 0 aliphatic rings. The van der Waals surface area contributed by atoms with Gasteiger partial charge in [-0.15, -0.1) is 0 Å². The summed E-state index contributed by atoms with van der Waals surface area (Å²) in [6.45, 7) is 4.24. The Morgan fingerprint density at radius 3 is 2.50 bits per heavy atom. The van der Waals surface area contributed by atoms with Gasteiger partial charge in [0, 0.05) is 0 Å². The van der Waals surface area contributed by atoms with Crippen molar-refractivity contribution in [3.05, 3.63) is 29.3 Å². The Morgan fingerprint density at radius 1 is 1.33 bits per heavy atom. The van der Waals surface area contributed by atoms with Crippen LogP contribution in [0.2, 0.25) is 0 Å². The number of hydrogen-bond donors (Lipinski definition) is 2. The summed E-state index contributed by atoms with van der Waals surface area (Å²) >= 11 is 8.28. The number of aryl methyl sites for hydroxylation is 1. The quantitative estimate of drug-likeness (QED) is 0.692. The van der Waals surface area contributed by atoms with E-state index in [1.807, 2.05) is 12.1 Å². The van der Waals surface area contributed by atoms with Gasteiger partial charge < -0.3 is 0 Å². The van der Waals surface area contributed by atoms with E-state index in [4.69, 9.17) is 0 Å². The zero-order valence-corrected chi connectivity index (χ0v) is 9.07. The Bertz CT molecular complexity index is 271. The Labute approximate surface area is 84.9 Å². The fourth-order valence-corrected chi connectivity index (χ4v) is 1.70. The van der Waals surface area contributed by atoms with Gasteiger partial charge in [-0.1, -0.05) is 44.7 Å². The van der Waals surface area contributed by atoms with Gasteiger partial charge in [0.25, 0.3) is 0 Å². The van der Waals surface area contributed by atoms with E-state index < -0.39 is 0 Å². The van der Waals surface area contributed by atoms with E-state index in [0.29, 0.717) is 0 Å². The summed E-state index contributed by atoms with van der Waals surface area (Å²) in [6.07, 6.45) is 1.05. The van der Waals surface area contributed by atoms with E-state index >= 15 is 0 Å². The molecule has 0 aliphatic heterocycles. The van der Waals surface area contributed by atoms with Crippen molar-refractivity contribution in [2.24, 2.45) is 0 Å². The standard InChI is InChI=1S/C9H13NS2/c1-3-8-5-4-6-9(7(8)2)10(11)12/h4-6,11-12H,3H2,1-2H3. The molecule has 1 aromatic carbocycles. The molecule has 1 nitrogen and oxygen atoms in total.